The van der Waals surface area contributed by atoms with Crippen molar-refractivity contribution < 1.29 is 0 Å². The van der Waals surface area contributed by atoms with Crippen molar-refractivity contribution in [1.82, 2.24) is 10.2 Å². The van der Waals surface area contributed by atoms with Gasteiger partial charge in [-0.1, -0.05) is 13.3 Å². The maximum Gasteiger partial charge on any atom is 0.0223 e. The molecule has 3 aliphatic rings. The summed E-state index contributed by atoms with van der Waals surface area (Å²) in [6.07, 6.45) is 8.56. The van der Waals surface area contributed by atoms with Crippen molar-refractivity contribution in [1.29, 1.82) is 0 Å². The van der Waals surface area contributed by atoms with E-state index in [2.05, 4.69) is 28.9 Å². The molecule has 1 N–H and O–H groups in total. The van der Waals surface area contributed by atoms with Crippen LogP contribution in [0.15, 0.2) is 0 Å². The summed E-state index contributed by atoms with van der Waals surface area (Å²) in [6.45, 7) is 5.00. The maximum atomic E-state index is 3.72. The van der Waals surface area contributed by atoms with E-state index in [4.69, 9.17) is 0 Å². The highest BCUT2D eigenvalue weighted by molar-refractivity contribution is 8.00. The number of piperidine rings is 1. The lowest BCUT2D eigenvalue weighted by molar-refractivity contribution is 0.157. The third kappa shape index (κ3) is 2.99. The van der Waals surface area contributed by atoms with Gasteiger partial charge in [0.05, 0.1) is 0 Å². The average Bonchev–Trinajstić information content (AvgIpc) is 3.11. The molecule has 0 amide bonds. The van der Waals surface area contributed by atoms with Crippen LogP contribution in [0, 0.1) is 0 Å². The Hall–Kier alpha value is 0.270. The fourth-order valence-corrected chi connectivity index (χ4v) is 4.72. The second-order valence-corrected chi connectivity index (χ2v) is 7.49. The molecule has 1 aliphatic carbocycles. The third-order valence-corrected chi connectivity index (χ3v) is 5.93. The molecule has 98 valence electrons. The summed E-state index contributed by atoms with van der Waals surface area (Å²) in [5, 5.41) is 4.58. The molecule has 3 unspecified atom stereocenters. The quantitative estimate of drug-likeness (QED) is 0.830. The number of nitrogens with zero attached hydrogens (tertiary/aromatic N) is 1. The largest absolute Gasteiger partial charge is 0.313 e. The van der Waals surface area contributed by atoms with Crippen molar-refractivity contribution in [2.45, 2.75) is 68.8 Å². The number of hydrogen-bond donors (Lipinski definition) is 1. The first-order chi connectivity index (χ1) is 8.34. The van der Waals surface area contributed by atoms with Gasteiger partial charge in [0, 0.05) is 29.9 Å². The van der Waals surface area contributed by atoms with E-state index in [0.717, 1.165) is 23.4 Å². The Morgan fingerprint density at radius 3 is 2.65 bits per heavy atom. The van der Waals surface area contributed by atoms with E-state index in [1.165, 1.54) is 57.4 Å². The summed E-state index contributed by atoms with van der Waals surface area (Å²) in [7, 11) is 0. The molecule has 3 rings (SSSR count). The molecule has 0 bridgehead atoms. The topological polar surface area (TPSA) is 15.3 Å². The van der Waals surface area contributed by atoms with E-state index in [9.17, 15) is 0 Å². The summed E-state index contributed by atoms with van der Waals surface area (Å²) < 4.78 is 0. The van der Waals surface area contributed by atoms with Crippen LogP contribution in [0.4, 0.5) is 0 Å². The van der Waals surface area contributed by atoms with Gasteiger partial charge in [-0.15, -0.1) is 0 Å². The van der Waals surface area contributed by atoms with E-state index < -0.39 is 0 Å². The van der Waals surface area contributed by atoms with Crippen molar-refractivity contribution in [2.24, 2.45) is 0 Å². The summed E-state index contributed by atoms with van der Waals surface area (Å²) in [6, 6.07) is 2.59. The van der Waals surface area contributed by atoms with Gasteiger partial charge >= 0.3 is 0 Å². The molecule has 0 aromatic carbocycles. The van der Waals surface area contributed by atoms with E-state index in [1.807, 2.05) is 0 Å². The second kappa shape index (κ2) is 5.50. The minimum absolute atomic E-state index is 0.780. The van der Waals surface area contributed by atoms with Gasteiger partial charge in [0.1, 0.15) is 0 Å². The molecule has 3 fully saturated rings. The molecule has 2 saturated heterocycles. The molecule has 3 atom stereocenters. The number of nitrogens with one attached hydrogen (secondary N) is 1. The van der Waals surface area contributed by atoms with Gasteiger partial charge in [-0.25, -0.2) is 0 Å². The zero-order valence-corrected chi connectivity index (χ0v) is 11.8. The van der Waals surface area contributed by atoms with Gasteiger partial charge in [-0.2, -0.15) is 11.8 Å². The van der Waals surface area contributed by atoms with Gasteiger partial charge in [-0.05, 0) is 44.4 Å². The SMILES string of the molecule is CC1SCCC1N(CC1CCCCN1)C1CC1. The first-order valence-electron chi connectivity index (χ1n) is 7.45. The zero-order chi connectivity index (χ0) is 11.7. The first-order valence-corrected chi connectivity index (χ1v) is 8.50. The summed E-state index contributed by atoms with van der Waals surface area (Å²) in [4.78, 5) is 2.87. The van der Waals surface area contributed by atoms with Crippen LogP contribution in [0.3, 0.4) is 0 Å². The maximum absolute atomic E-state index is 3.72. The van der Waals surface area contributed by atoms with Crippen molar-refractivity contribution in [3.05, 3.63) is 0 Å². The molecule has 2 heterocycles. The molecule has 0 aromatic rings. The number of thioether (sulfide) groups is 1. The van der Waals surface area contributed by atoms with E-state index >= 15 is 0 Å². The Morgan fingerprint density at radius 2 is 2.06 bits per heavy atom. The minimum atomic E-state index is 0.780. The molecular formula is C14H26N2S. The summed E-state index contributed by atoms with van der Waals surface area (Å²) >= 11 is 2.18. The zero-order valence-electron chi connectivity index (χ0n) is 11.0. The van der Waals surface area contributed by atoms with Gasteiger partial charge in [0.25, 0.3) is 0 Å². The predicted molar refractivity (Wildman–Crippen MR) is 75.7 cm³/mol. The van der Waals surface area contributed by atoms with Crippen LogP contribution >= 0.6 is 11.8 Å². The van der Waals surface area contributed by atoms with Crippen LogP contribution in [0.5, 0.6) is 0 Å². The molecular weight excluding hydrogens is 228 g/mol. The molecule has 0 spiro atoms. The normalized spacial score (nSPS) is 38.8. The lowest BCUT2D eigenvalue weighted by Crippen LogP contribution is -2.49. The third-order valence-electron chi connectivity index (χ3n) is 4.62. The van der Waals surface area contributed by atoms with Crippen molar-refractivity contribution in [3.8, 4) is 0 Å². The van der Waals surface area contributed by atoms with Crippen molar-refractivity contribution >= 4 is 11.8 Å². The molecule has 0 aromatic heterocycles. The van der Waals surface area contributed by atoms with Crippen LogP contribution in [-0.2, 0) is 0 Å². The lowest BCUT2D eigenvalue weighted by atomic mass is 10.0. The molecule has 2 aliphatic heterocycles. The number of rotatable bonds is 4. The van der Waals surface area contributed by atoms with Gasteiger partial charge in [-0.3, -0.25) is 4.90 Å². The Morgan fingerprint density at radius 1 is 1.18 bits per heavy atom. The first kappa shape index (κ1) is 12.3. The lowest BCUT2D eigenvalue weighted by Gasteiger charge is -2.36. The number of hydrogen-bond acceptors (Lipinski definition) is 3. The van der Waals surface area contributed by atoms with Crippen LogP contribution < -0.4 is 5.32 Å². The van der Waals surface area contributed by atoms with Gasteiger partial charge in [0.15, 0.2) is 0 Å². The van der Waals surface area contributed by atoms with Crippen LogP contribution in [0.2, 0.25) is 0 Å². The fraction of sp³-hybridized carbons (Fsp3) is 1.00. The van der Waals surface area contributed by atoms with Crippen molar-refractivity contribution in [2.75, 3.05) is 18.8 Å². The van der Waals surface area contributed by atoms with E-state index in [1.54, 1.807) is 0 Å². The van der Waals surface area contributed by atoms with Crippen molar-refractivity contribution in [3.63, 3.8) is 0 Å². The second-order valence-electron chi connectivity index (χ2n) is 6.01. The molecule has 2 nitrogen and oxygen atoms in total. The van der Waals surface area contributed by atoms with Gasteiger partial charge < -0.3 is 5.32 Å². The highest BCUT2D eigenvalue weighted by Gasteiger charge is 2.39. The van der Waals surface area contributed by atoms with E-state index in [-0.39, 0.29) is 0 Å². The Balaban J connectivity index is 1.59. The van der Waals surface area contributed by atoms with Crippen LogP contribution in [0.1, 0.15) is 45.4 Å². The summed E-state index contributed by atoms with van der Waals surface area (Å²) in [5.74, 6) is 1.38. The predicted octanol–water partition coefficient (Wildman–Crippen LogP) is 2.49. The smallest absolute Gasteiger partial charge is 0.0223 e. The Bertz CT molecular complexity index is 249. The Kier molecular flexibility index (Phi) is 3.98. The molecule has 17 heavy (non-hydrogen) atoms. The average molecular weight is 254 g/mol. The fourth-order valence-electron chi connectivity index (χ4n) is 3.45. The highest BCUT2D eigenvalue weighted by Crippen LogP contribution is 2.37. The van der Waals surface area contributed by atoms with E-state index in [0.29, 0.717) is 0 Å². The van der Waals surface area contributed by atoms with Gasteiger partial charge in [0.2, 0.25) is 0 Å². The van der Waals surface area contributed by atoms with Crippen LogP contribution in [0.25, 0.3) is 0 Å². The molecule has 3 heteroatoms. The standard InChI is InChI=1S/C14H26N2S/c1-11-14(7-9-17-11)16(13-5-6-13)10-12-4-2-3-8-15-12/h11-15H,2-10H2,1H3. The molecule has 0 radical (unpaired) electrons. The van der Waals surface area contributed by atoms with Crippen LogP contribution in [-0.4, -0.2) is 47.1 Å². The monoisotopic (exact) mass is 254 g/mol. The molecule has 1 saturated carbocycles. The Labute approximate surface area is 110 Å². The minimum Gasteiger partial charge on any atom is -0.313 e. The summed E-state index contributed by atoms with van der Waals surface area (Å²) in [5.41, 5.74) is 0. The highest BCUT2D eigenvalue weighted by atomic mass is 32.2.